The molecule has 0 saturated heterocycles. The molecule has 1 aliphatic carbocycles. The van der Waals surface area contributed by atoms with Gasteiger partial charge in [0, 0.05) is 12.3 Å². The van der Waals surface area contributed by atoms with Gasteiger partial charge < -0.3 is 9.47 Å². The monoisotopic (exact) mass is 286 g/mol. The maximum absolute atomic E-state index is 12.0. The molecule has 112 valence electrons. The van der Waals surface area contributed by atoms with E-state index in [1.807, 2.05) is 18.2 Å². The Balaban J connectivity index is 1.71. The van der Waals surface area contributed by atoms with Gasteiger partial charge in [-0.25, -0.2) is 0 Å². The summed E-state index contributed by atoms with van der Waals surface area (Å²) < 4.78 is 11.2. The zero-order valence-corrected chi connectivity index (χ0v) is 12.4. The number of esters is 1. The number of ether oxygens (including phenoxy) is 2. The average molecular weight is 286 g/mol. The molecule has 1 aromatic carbocycles. The highest BCUT2D eigenvalue weighted by Crippen LogP contribution is 2.37. The van der Waals surface area contributed by atoms with Crippen molar-refractivity contribution in [1.82, 2.24) is 0 Å². The number of hydrogen-bond acceptors (Lipinski definition) is 3. The van der Waals surface area contributed by atoms with E-state index >= 15 is 0 Å². The summed E-state index contributed by atoms with van der Waals surface area (Å²) in [6.07, 6.45) is 8.34. The van der Waals surface area contributed by atoms with Crippen LogP contribution in [-0.4, -0.2) is 25.3 Å². The van der Waals surface area contributed by atoms with E-state index in [1.54, 1.807) is 0 Å². The largest absolute Gasteiger partial charge is 0.469 e. The normalized spacial score (nSPS) is 31.5. The van der Waals surface area contributed by atoms with Gasteiger partial charge >= 0.3 is 5.97 Å². The van der Waals surface area contributed by atoms with Gasteiger partial charge in [0.2, 0.25) is 0 Å². The van der Waals surface area contributed by atoms with Crippen molar-refractivity contribution in [3.8, 4) is 0 Å². The third-order valence-corrected chi connectivity index (χ3v) is 4.56. The summed E-state index contributed by atoms with van der Waals surface area (Å²) in [6.45, 7) is 0. The van der Waals surface area contributed by atoms with Gasteiger partial charge in [0.15, 0.2) is 0 Å². The van der Waals surface area contributed by atoms with Crippen LogP contribution in [0.15, 0.2) is 42.5 Å². The first-order valence-corrected chi connectivity index (χ1v) is 7.73. The molecular weight excluding hydrogens is 264 g/mol. The summed E-state index contributed by atoms with van der Waals surface area (Å²) in [4.78, 5) is 12.0. The molecule has 2 aliphatic rings. The molecule has 21 heavy (non-hydrogen) atoms. The number of methoxy groups -OCH3 is 1. The first-order valence-electron chi connectivity index (χ1n) is 7.73. The smallest absolute Gasteiger partial charge is 0.311 e. The van der Waals surface area contributed by atoms with Gasteiger partial charge in [-0.1, -0.05) is 48.9 Å². The minimum absolute atomic E-state index is 0.0232. The van der Waals surface area contributed by atoms with Crippen molar-refractivity contribution in [3.63, 3.8) is 0 Å². The van der Waals surface area contributed by atoms with Crippen LogP contribution in [0, 0.1) is 11.8 Å². The van der Waals surface area contributed by atoms with Crippen LogP contribution in [0.25, 0.3) is 0 Å². The second-order valence-electron chi connectivity index (χ2n) is 5.94. The zero-order chi connectivity index (χ0) is 14.7. The summed E-state index contributed by atoms with van der Waals surface area (Å²) in [6, 6.07) is 10.3. The lowest BCUT2D eigenvalue weighted by Gasteiger charge is -2.39. The molecule has 1 saturated carbocycles. The minimum Gasteiger partial charge on any atom is -0.469 e. The third-order valence-electron chi connectivity index (χ3n) is 4.56. The van der Waals surface area contributed by atoms with Crippen LogP contribution in [0.2, 0.25) is 0 Å². The van der Waals surface area contributed by atoms with Crippen molar-refractivity contribution < 1.29 is 14.3 Å². The average Bonchev–Trinajstić information content (AvgIpc) is 2.54. The van der Waals surface area contributed by atoms with Gasteiger partial charge in [-0.15, -0.1) is 0 Å². The highest BCUT2D eigenvalue weighted by molar-refractivity contribution is 5.73. The molecule has 1 fully saturated rings. The molecule has 3 rings (SSSR count). The Labute approximate surface area is 125 Å². The second kappa shape index (κ2) is 6.44. The fraction of sp³-hybridized carbons (Fsp3) is 0.500. The van der Waals surface area contributed by atoms with Gasteiger partial charge in [0.1, 0.15) is 0 Å². The van der Waals surface area contributed by atoms with Crippen molar-refractivity contribution in [3.05, 3.63) is 48.0 Å². The van der Waals surface area contributed by atoms with Gasteiger partial charge in [0.05, 0.1) is 25.2 Å². The number of carbonyl (C=O) groups is 1. The summed E-state index contributed by atoms with van der Waals surface area (Å²) in [5.74, 6) is 0.116. The Morgan fingerprint density at radius 2 is 2.05 bits per heavy atom. The minimum atomic E-state index is -0.126. The molecule has 1 aromatic rings. The predicted octanol–water partition coefficient (Wildman–Crippen LogP) is 3.14. The Kier molecular flexibility index (Phi) is 4.39. The Morgan fingerprint density at radius 1 is 1.24 bits per heavy atom. The van der Waals surface area contributed by atoms with E-state index in [2.05, 4.69) is 24.3 Å². The van der Waals surface area contributed by atoms with Crippen LogP contribution in [-0.2, 0) is 20.7 Å². The molecule has 0 unspecified atom stereocenters. The topological polar surface area (TPSA) is 35.5 Å². The summed E-state index contributed by atoms with van der Waals surface area (Å²) in [7, 11) is 1.46. The number of fused-ring (bicyclic) bond motifs is 1. The molecular formula is C18H22O3. The van der Waals surface area contributed by atoms with Gasteiger partial charge in [0.25, 0.3) is 0 Å². The molecule has 0 N–H and O–H groups in total. The predicted molar refractivity (Wildman–Crippen MR) is 80.8 cm³/mol. The lowest BCUT2D eigenvalue weighted by atomic mass is 9.77. The zero-order valence-electron chi connectivity index (χ0n) is 12.4. The SMILES string of the molecule is COC(=O)[C@H]1CCC[C@H]2C=C[C@@H](Cc3ccccc3)O[C@H]21. The van der Waals surface area contributed by atoms with Gasteiger partial charge in [-0.05, 0) is 18.4 Å². The summed E-state index contributed by atoms with van der Waals surface area (Å²) >= 11 is 0. The van der Waals surface area contributed by atoms with Crippen LogP contribution in [0.4, 0.5) is 0 Å². The van der Waals surface area contributed by atoms with E-state index in [4.69, 9.17) is 9.47 Å². The molecule has 0 amide bonds. The van der Waals surface area contributed by atoms with Gasteiger partial charge in [-0.2, -0.15) is 0 Å². The van der Waals surface area contributed by atoms with Crippen LogP contribution in [0.5, 0.6) is 0 Å². The maximum atomic E-state index is 12.0. The van der Waals surface area contributed by atoms with E-state index in [0.29, 0.717) is 5.92 Å². The van der Waals surface area contributed by atoms with Crippen molar-refractivity contribution >= 4 is 5.97 Å². The number of benzene rings is 1. The maximum Gasteiger partial charge on any atom is 0.311 e. The van der Waals surface area contributed by atoms with E-state index < -0.39 is 0 Å². The van der Waals surface area contributed by atoms with Gasteiger partial charge in [-0.3, -0.25) is 4.79 Å². The molecule has 1 aliphatic heterocycles. The highest BCUT2D eigenvalue weighted by atomic mass is 16.5. The standard InChI is InChI=1S/C18H22O3/c1-20-18(19)16-9-5-8-14-10-11-15(21-17(14)16)12-13-6-3-2-4-7-13/h2-4,6-7,10-11,14-17H,5,8-9,12H2,1H3/t14-,15-,16-,17+/m0/s1. The second-order valence-corrected chi connectivity index (χ2v) is 5.94. The summed E-state index contributed by atoms with van der Waals surface area (Å²) in [5.41, 5.74) is 1.26. The molecule has 1 heterocycles. The Bertz CT molecular complexity index is 508. The number of hydrogen-bond donors (Lipinski definition) is 0. The molecule has 4 atom stereocenters. The lowest BCUT2D eigenvalue weighted by molar-refractivity contribution is -0.158. The quantitative estimate of drug-likeness (QED) is 0.632. The van der Waals surface area contributed by atoms with E-state index in [9.17, 15) is 4.79 Å². The fourth-order valence-corrected chi connectivity index (χ4v) is 3.48. The van der Waals surface area contributed by atoms with E-state index in [1.165, 1.54) is 12.7 Å². The van der Waals surface area contributed by atoms with Crippen molar-refractivity contribution in [2.75, 3.05) is 7.11 Å². The third kappa shape index (κ3) is 3.18. The van der Waals surface area contributed by atoms with Crippen LogP contribution < -0.4 is 0 Å². The van der Waals surface area contributed by atoms with Crippen molar-refractivity contribution in [2.24, 2.45) is 11.8 Å². The molecule has 0 bridgehead atoms. The van der Waals surface area contributed by atoms with Crippen LogP contribution in [0.1, 0.15) is 24.8 Å². The summed E-state index contributed by atoms with van der Waals surface area (Å²) in [5, 5.41) is 0. The first-order chi connectivity index (χ1) is 10.3. The van der Waals surface area contributed by atoms with Crippen LogP contribution >= 0.6 is 0 Å². The first kappa shape index (κ1) is 14.3. The number of rotatable bonds is 3. The molecule has 3 heteroatoms. The van der Waals surface area contributed by atoms with E-state index in [0.717, 1.165) is 25.7 Å². The fourth-order valence-electron chi connectivity index (χ4n) is 3.48. The molecule has 3 nitrogen and oxygen atoms in total. The molecule has 0 radical (unpaired) electrons. The molecule has 0 spiro atoms. The van der Waals surface area contributed by atoms with Crippen LogP contribution in [0.3, 0.4) is 0 Å². The Morgan fingerprint density at radius 3 is 2.81 bits per heavy atom. The highest BCUT2D eigenvalue weighted by Gasteiger charge is 2.40. The lowest BCUT2D eigenvalue weighted by Crippen LogP contribution is -2.44. The Hall–Kier alpha value is -1.61. The number of carbonyl (C=O) groups excluding carboxylic acids is 1. The van der Waals surface area contributed by atoms with E-state index in [-0.39, 0.29) is 24.1 Å². The van der Waals surface area contributed by atoms with Crippen molar-refractivity contribution in [2.45, 2.75) is 37.9 Å². The van der Waals surface area contributed by atoms with Crippen molar-refractivity contribution in [1.29, 1.82) is 0 Å². The molecule has 0 aromatic heterocycles.